The second kappa shape index (κ2) is 7.21. The van der Waals surface area contributed by atoms with Gasteiger partial charge in [0.05, 0.1) is 11.8 Å². The Kier molecular flexibility index (Phi) is 4.78. The van der Waals surface area contributed by atoms with Crippen molar-refractivity contribution in [2.75, 3.05) is 19.9 Å². The molecule has 3 heterocycles. The number of β-amino-alcohol motifs (C(OH)–C–C–N with tert-alkyl or cyclic N) is 1. The molecule has 26 heavy (non-hydrogen) atoms. The van der Waals surface area contributed by atoms with E-state index in [1.165, 1.54) is 0 Å². The van der Waals surface area contributed by atoms with Gasteiger partial charge in [-0.15, -0.1) is 0 Å². The molecular formula is C20H25N3O3. The van der Waals surface area contributed by atoms with E-state index >= 15 is 0 Å². The number of likely N-dealkylation sites (tertiary alicyclic amines) is 1. The minimum Gasteiger partial charge on any atom is -0.454 e. The molecule has 0 spiro atoms. The Morgan fingerprint density at radius 2 is 2.08 bits per heavy atom. The van der Waals surface area contributed by atoms with E-state index in [1.54, 1.807) is 0 Å². The van der Waals surface area contributed by atoms with Crippen molar-refractivity contribution >= 4 is 0 Å². The maximum absolute atomic E-state index is 10.7. The smallest absolute Gasteiger partial charge is 0.231 e. The van der Waals surface area contributed by atoms with E-state index in [1.807, 2.05) is 30.5 Å². The van der Waals surface area contributed by atoms with Crippen LogP contribution < -0.4 is 9.47 Å². The van der Waals surface area contributed by atoms with Crippen molar-refractivity contribution in [3.63, 3.8) is 0 Å². The van der Waals surface area contributed by atoms with Gasteiger partial charge in [0.25, 0.3) is 0 Å². The highest BCUT2D eigenvalue weighted by molar-refractivity contribution is 5.45. The van der Waals surface area contributed by atoms with Gasteiger partial charge in [-0.05, 0) is 36.7 Å². The molecule has 4 rings (SSSR count). The van der Waals surface area contributed by atoms with Crippen LogP contribution in [0.1, 0.15) is 49.2 Å². The van der Waals surface area contributed by atoms with E-state index in [4.69, 9.17) is 9.47 Å². The number of ether oxygens (including phenoxy) is 2. The zero-order valence-corrected chi connectivity index (χ0v) is 15.3. The molecule has 0 bridgehead atoms. The molecule has 0 radical (unpaired) electrons. The number of aromatic nitrogens is 2. The third-order valence-corrected chi connectivity index (χ3v) is 5.12. The van der Waals surface area contributed by atoms with Crippen LogP contribution in [-0.2, 0) is 6.54 Å². The van der Waals surface area contributed by atoms with Crippen molar-refractivity contribution < 1.29 is 14.6 Å². The lowest BCUT2D eigenvalue weighted by Gasteiger charge is -2.36. The van der Waals surface area contributed by atoms with E-state index < -0.39 is 6.10 Å². The highest BCUT2D eigenvalue weighted by Gasteiger charge is 2.30. The van der Waals surface area contributed by atoms with E-state index in [0.29, 0.717) is 12.5 Å². The quantitative estimate of drug-likeness (QED) is 0.909. The lowest BCUT2D eigenvalue weighted by molar-refractivity contribution is 0.0470. The minimum atomic E-state index is -0.407. The molecule has 1 aromatic heterocycles. The number of aliphatic hydroxyl groups excluding tert-OH is 1. The Morgan fingerprint density at radius 3 is 2.88 bits per heavy atom. The summed E-state index contributed by atoms with van der Waals surface area (Å²) >= 11 is 0. The Labute approximate surface area is 153 Å². The maximum atomic E-state index is 10.7. The zero-order valence-electron chi connectivity index (χ0n) is 15.3. The molecule has 0 aliphatic carbocycles. The van der Waals surface area contributed by atoms with Crippen molar-refractivity contribution in [3.05, 3.63) is 47.5 Å². The number of aliphatic hydroxyl groups is 1. The van der Waals surface area contributed by atoms with Crippen LogP contribution in [0, 0.1) is 0 Å². The van der Waals surface area contributed by atoms with Gasteiger partial charge in [-0.1, -0.05) is 19.9 Å². The molecule has 0 unspecified atom stereocenters. The summed E-state index contributed by atoms with van der Waals surface area (Å²) in [7, 11) is 0. The van der Waals surface area contributed by atoms with Crippen LogP contribution >= 0.6 is 0 Å². The monoisotopic (exact) mass is 355 g/mol. The van der Waals surface area contributed by atoms with Crippen LogP contribution in [0.25, 0.3) is 0 Å². The molecule has 6 heteroatoms. The Morgan fingerprint density at radius 1 is 1.23 bits per heavy atom. The fourth-order valence-corrected chi connectivity index (χ4v) is 3.68. The summed E-state index contributed by atoms with van der Waals surface area (Å²) < 4.78 is 10.8. The first-order chi connectivity index (χ1) is 12.6. The number of nitrogens with zero attached hydrogens (tertiary/aromatic N) is 3. The molecular weight excluding hydrogens is 330 g/mol. The topological polar surface area (TPSA) is 67.7 Å². The Bertz CT molecular complexity index is 781. The molecule has 138 valence electrons. The number of piperidine rings is 1. The summed E-state index contributed by atoms with van der Waals surface area (Å²) in [4.78, 5) is 11.2. The summed E-state index contributed by atoms with van der Waals surface area (Å²) in [6, 6.07) is 7.94. The molecule has 0 saturated carbocycles. The lowest BCUT2D eigenvalue weighted by atomic mass is 9.87. The molecule has 1 saturated heterocycles. The number of hydrogen-bond acceptors (Lipinski definition) is 6. The van der Waals surface area contributed by atoms with Gasteiger partial charge in [0.1, 0.15) is 5.82 Å². The minimum absolute atomic E-state index is 0.123. The summed E-state index contributed by atoms with van der Waals surface area (Å²) in [5.74, 6) is 2.87. The highest BCUT2D eigenvalue weighted by Crippen LogP contribution is 2.37. The summed E-state index contributed by atoms with van der Waals surface area (Å²) in [5.41, 5.74) is 2.13. The van der Waals surface area contributed by atoms with Crippen LogP contribution in [-0.4, -0.2) is 46.0 Å². The molecule has 2 aliphatic heterocycles. The van der Waals surface area contributed by atoms with Crippen LogP contribution in [0.5, 0.6) is 11.5 Å². The van der Waals surface area contributed by atoms with Gasteiger partial charge in [0.15, 0.2) is 11.5 Å². The Hall–Kier alpha value is -2.18. The van der Waals surface area contributed by atoms with Gasteiger partial charge >= 0.3 is 0 Å². The molecule has 1 aromatic carbocycles. The average Bonchev–Trinajstić information content (AvgIpc) is 3.10. The molecule has 0 amide bonds. The average molecular weight is 355 g/mol. The van der Waals surface area contributed by atoms with Gasteiger partial charge in [-0.3, -0.25) is 4.90 Å². The predicted molar refractivity (Wildman–Crippen MR) is 97.3 cm³/mol. The SMILES string of the molecule is CC(C)c1nccc(CN2CC[C@@H](c3ccc4c(c3)OCO4)[C@H](O)C2)n1. The number of rotatable bonds is 4. The number of fused-ring (bicyclic) bond motifs is 1. The van der Waals surface area contributed by atoms with Gasteiger partial charge in [-0.2, -0.15) is 0 Å². The number of benzene rings is 1. The molecule has 1 N–H and O–H groups in total. The summed E-state index contributed by atoms with van der Waals surface area (Å²) in [6.45, 7) is 6.78. The molecule has 6 nitrogen and oxygen atoms in total. The predicted octanol–water partition coefficient (Wildman–Crippen LogP) is 2.68. The summed E-state index contributed by atoms with van der Waals surface area (Å²) in [6.07, 6.45) is 2.33. The van der Waals surface area contributed by atoms with Crippen molar-refractivity contribution in [2.24, 2.45) is 0 Å². The van der Waals surface area contributed by atoms with Crippen molar-refractivity contribution in [3.8, 4) is 11.5 Å². The van der Waals surface area contributed by atoms with Crippen molar-refractivity contribution in [2.45, 2.75) is 44.8 Å². The Balaban J connectivity index is 1.41. The van der Waals surface area contributed by atoms with Crippen molar-refractivity contribution in [1.82, 2.24) is 14.9 Å². The fourth-order valence-electron chi connectivity index (χ4n) is 3.68. The van der Waals surface area contributed by atoms with E-state index in [-0.39, 0.29) is 12.7 Å². The van der Waals surface area contributed by atoms with Crippen LogP contribution in [0.2, 0.25) is 0 Å². The largest absolute Gasteiger partial charge is 0.454 e. The van der Waals surface area contributed by atoms with E-state index in [0.717, 1.165) is 48.1 Å². The van der Waals surface area contributed by atoms with E-state index in [2.05, 4.69) is 28.7 Å². The third kappa shape index (κ3) is 3.52. The summed E-state index contributed by atoms with van der Waals surface area (Å²) in [5, 5.41) is 10.7. The standard InChI is InChI=1S/C20H25N3O3/c1-13(2)20-21-7-5-15(22-20)10-23-8-6-16(17(24)11-23)14-3-4-18-19(9-14)26-12-25-18/h3-5,7,9,13,16-17,24H,6,8,10-12H2,1-2H3/t16-,17+/m0/s1. The van der Waals surface area contributed by atoms with Crippen molar-refractivity contribution in [1.29, 1.82) is 0 Å². The zero-order chi connectivity index (χ0) is 18.1. The first-order valence-corrected chi connectivity index (χ1v) is 9.22. The fraction of sp³-hybridized carbons (Fsp3) is 0.500. The maximum Gasteiger partial charge on any atom is 0.231 e. The normalized spacial score (nSPS) is 22.8. The second-order valence-electron chi connectivity index (χ2n) is 7.37. The first-order valence-electron chi connectivity index (χ1n) is 9.22. The van der Waals surface area contributed by atoms with Gasteiger partial charge in [0, 0.05) is 31.1 Å². The lowest BCUT2D eigenvalue weighted by Crippen LogP contribution is -2.42. The van der Waals surface area contributed by atoms with Crippen LogP contribution in [0.15, 0.2) is 30.5 Å². The third-order valence-electron chi connectivity index (χ3n) is 5.12. The van der Waals surface area contributed by atoms with Gasteiger partial charge < -0.3 is 14.6 Å². The van der Waals surface area contributed by atoms with Gasteiger partial charge in [0.2, 0.25) is 6.79 Å². The molecule has 2 atom stereocenters. The van der Waals surface area contributed by atoms with Gasteiger partial charge in [-0.25, -0.2) is 9.97 Å². The molecule has 2 aliphatic rings. The van der Waals surface area contributed by atoms with Crippen LogP contribution in [0.3, 0.4) is 0 Å². The van der Waals surface area contributed by atoms with E-state index in [9.17, 15) is 5.11 Å². The first kappa shape index (κ1) is 17.2. The highest BCUT2D eigenvalue weighted by atomic mass is 16.7. The molecule has 2 aromatic rings. The molecule has 1 fully saturated rings. The number of hydrogen-bond donors (Lipinski definition) is 1. The van der Waals surface area contributed by atoms with Crippen LogP contribution in [0.4, 0.5) is 0 Å². The second-order valence-corrected chi connectivity index (χ2v) is 7.37.